The van der Waals surface area contributed by atoms with Gasteiger partial charge in [-0.2, -0.15) is 5.10 Å². The molecule has 136 valence electrons. The molecule has 0 aliphatic heterocycles. The van der Waals surface area contributed by atoms with Crippen LogP contribution in [0.25, 0.3) is 22.2 Å². The molecule has 1 N–H and O–H groups in total. The van der Waals surface area contributed by atoms with Gasteiger partial charge in [-0.05, 0) is 54.1 Å². The number of amides is 1. The second-order valence-electron chi connectivity index (χ2n) is 6.06. The van der Waals surface area contributed by atoms with Gasteiger partial charge in [0.15, 0.2) is 0 Å². The molecule has 0 saturated heterocycles. The Kier molecular flexibility index (Phi) is 4.84. The number of hydrazone groups is 1. The molecule has 2 heterocycles. The van der Waals surface area contributed by atoms with Gasteiger partial charge in [-0.3, -0.25) is 9.78 Å². The predicted octanol–water partition coefficient (Wildman–Crippen LogP) is 4.20. The SMILES string of the molecule is O=C(NN=Cc1ccncc1)c1cc(-c2ccc(F)cc2)nc2ccccc12. The monoisotopic (exact) mass is 370 g/mol. The third-order valence-corrected chi connectivity index (χ3v) is 4.19. The number of hydrogen-bond acceptors (Lipinski definition) is 4. The average Bonchev–Trinajstić information content (AvgIpc) is 2.74. The van der Waals surface area contributed by atoms with Crippen molar-refractivity contribution in [3.8, 4) is 11.3 Å². The maximum absolute atomic E-state index is 13.2. The number of fused-ring (bicyclic) bond motifs is 1. The number of nitrogens with one attached hydrogen (secondary N) is 1. The Hall–Kier alpha value is -3.93. The number of halogens is 1. The summed E-state index contributed by atoms with van der Waals surface area (Å²) in [5.41, 5.74) is 5.79. The van der Waals surface area contributed by atoms with Gasteiger partial charge in [0, 0.05) is 23.3 Å². The van der Waals surface area contributed by atoms with Crippen molar-refractivity contribution in [2.45, 2.75) is 0 Å². The van der Waals surface area contributed by atoms with Crippen molar-refractivity contribution in [2.24, 2.45) is 5.10 Å². The fourth-order valence-corrected chi connectivity index (χ4v) is 2.81. The molecule has 0 unspecified atom stereocenters. The molecule has 0 atom stereocenters. The molecule has 0 aliphatic rings. The van der Waals surface area contributed by atoms with Gasteiger partial charge in [0.2, 0.25) is 0 Å². The highest BCUT2D eigenvalue weighted by atomic mass is 19.1. The van der Waals surface area contributed by atoms with Crippen LogP contribution in [0.3, 0.4) is 0 Å². The summed E-state index contributed by atoms with van der Waals surface area (Å²) >= 11 is 0. The summed E-state index contributed by atoms with van der Waals surface area (Å²) in [7, 11) is 0. The van der Waals surface area contributed by atoms with E-state index in [2.05, 4.69) is 20.5 Å². The van der Waals surface area contributed by atoms with Crippen LogP contribution in [-0.2, 0) is 0 Å². The number of carbonyl (C=O) groups excluding carboxylic acids is 1. The Labute approximate surface area is 160 Å². The van der Waals surface area contributed by atoms with Crippen molar-refractivity contribution < 1.29 is 9.18 Å². The molecule has 0 radical (unpaired) electrons. The fourth-order valence-electron chi connectivity index (χ4n) is 2.81. The van der Waals surface area contributed by atoms with Crippen molar-refractivity contribution in [3.63, 3.8) is 0 Å². The van der Waals surface area contributed by atoms with Gasteiger partial charge >= 0.3 is 0 Å². The van der Waals surface area contributed by atoms with Crippen LogP contribution < -0.4 is 5.43 Å². The number of hydrogen-bond donors (Lipinski definition) is 1. The van der Waals surface area contributed by atoms with Crippen LogP contribution in [0.2, 0.25) is 0 Å². The summed E-state index contributed by atoms with van der Waals surface area (Å²) in [5.74, 6) is -0.680. The first-order valence-electron chi connectivity index (χ1n) is 8.60. The lowest BCUT2D eigenvalue weighted by atomic mass is 10.0. The van der Waals surface area contributed by atoms with Gasteiger partial charge in [0.05, 0.1) is 23.0 Å². The highest BCUT2D eigenvalue weighted by Gasteiger charge is 2.13. The quantitative estimate of drug-likeness (QED) is 0.432. The highest BCUT2D eigenvalue weighted by molar-refractivity contribution is 6.07. The van der Waals surface area contributed by atoms with E-state index in [0.717, 1.165) is 11.1 Å². The molecule has 6 heteroatoms. The molecule has 0 saturated carbocycles. The summed E-state index contributed by atoms with van der Waals surface area (Å²) in [6.45, 7) is 0. The molecule has 5 nitrogen and oxygen atoms in total. The Morgan fingerprint density at radius 2 is 1.75 bits per heavy atom. The largest absolute Gasteiger partial charge is 0.272 e. The van der Waals surface area contributed by atoms with E-state index in [1.54, 1.807) is 48.9 Å². The second-order valence-corrected chi connectivity index (χ2v) is 6.06. The molecular weight excluding hydrogens is 355 g/mol. The number of carbonyl (C=O) groups is 1. The maximum Gasteiger partial charge on any atom is 0.272 e. The third-order valence-electron chi connectivity index (χ3n) is 4.19. The minimum Gasteiger partial charge on any atom is -0.267 e. The van der Waals surface area contributed by atoms with E-state index in [0.29, 0.717) is 22.2 Å². The number of aromatic nitrogens is 2. The van der Waals surface area contributed by atoms with Crippen molar-refractivity contribution in [1.82, 2.24) is 15.4 Å². The minimum atomic E-state index is -0.354. The maximum atomic E-state index is 13.2. The molecule has 2 aromatic carbocycles. The van der Waals surface area contributed by atoms with Crippen LogP contribution in [0.15, 0.2) is 84.2 Å². The standard InChI is InChI=1S/C22H15FN4O/c23-17-7-5-16(6-8-17)21-13-19(18-3-1-2-4-20(18)26-21)22(28)27-25-14-15-9-11-24-12-10-15/h1-14H,(H,27,28). The Bertz CT molecular complexity index is 1160. The van der Waals surface area contributed by atoms with Crippen molar-refractivity contribution in [2.75, 3.05) is 0 Å². The first kappa shape index (κ1) is 17.5. The van der Waals surface area contributed by atoms with Crippen molar-refractivity contribution in [1.29, 1.82) is 0 Å². The zero-order chi connectivity index (χ0) is 19.3. The van der Waals surface area contributed by atoms with Crippen LogP contribution in [-0.4, -0.2) is 22.1 Å². The van der Waals surface area contributed by atoms with Gasteiger partial charge in [-0.15, -0.1) is 0 Å². The molecule has 4 aromatic rings. The topological polar surface area (TPSA) is 67.2 Å². The van der Waals surface area contributed by atoms with Crippen LogP contribution in [0.5, 0.6) is 0 Å². The van der Waals surface area contributed by atoms with E-state index < -0.39 is 0 Å². The molecule has 0 spiro atoms. The summed E-state index contributed by atoms with van der Waals surface area (Å²) in [6, 6.07) is 18.6. The smallest absolute Gasteiger partial charge is 0.267 e. The molecule has 1 amide bonds. The lowest BCUT2D eigenvalue weighted by molar-refractivity contribution is 0.0956. The summed E-state index contributed by atoms with van der Waals surface area (Å²) in [4.78, 5) is 21.3. The molecule has 0 bridgehead atoms. The number of para-hydroxylation sites is 1. The second kappa shape index (κ2) is 7.75. The molecule has 0 aliphatic carbocycles. The van der Waals surface area contributed by atoms with Gasteiger partial charge in [-0.1, -0.05) is 18.2 Å². The van der Waals surface area contributed by atoms with E-state index in [1.807, 2.05) is 24.3 Å². The number of rotatable bonds is 4. The van der Waals surface area contributed by atoms with Gasteiger partial charge < -0.3 is 0 Å². The summed E-state index contributed by atoms with van der Waals surface area (Å²) in [6.07, 6.45) is 4.84. The Balaban J connectivity index is 1.69. The zero-order valence-electron chi connectivity index (χ0n) is 14.7. The van der Waals surface area contributed by atoms with E-state index in [1.165, 1.54) is 12.1 Å². The van der Waals surface area contributed by atoms with Crippen LogP contribution in [0.4, 0.5) is 4.39 Å². The Morgan fingerprint density at radius 3 is 2.54 bits per heavy atom. The van der Waals surface area contributed by atoms with Crippen LogP contribution in [0.1, 0.15) is 15.9 Å². The first-order valence-corrected chi connectivity index (χ1v) is 8.60. The van der Waals surface area contributed by atoms with E-state index in [-0.39, 0.29) is 11.7 Å². The van der Waals surface area contributed by atoms with E-state index in [4.69, 9.17) is 0 Å². The van der Waals surface area contributed by atoms with Gasteiger partial charge in [0.25, 0.3) is 5.91 Å². The normalized spacial score (nSPS) is 11.0. The van der Waals surface area contributed by atoms with Crippen molar-refractivity contribution in [3.05, 3.63) is 96.1 Å². The third kappa shape index (κ3) is 3.76. The summed E-state index contributed by atoms with van der Waals surface area (Å²) < 4.78 is 13.2. The number of benzene rings is 2. The molecule has 0 fully saturated rings. The average molecular weight is 370 g/mol. The lowest BCUT2D eigenvalue weighted by Crippen LogP contribution is -2.18. The highest BCUT2D eigenvalue weighted by Crippen LogP contribution is 2.25. The fraction of sp³-hybridized carbons (Fsp3) is 0. The van der Waals surface area contributed by atoms with E-state index in [9.17, 15) is 9.18 Å². The van der Waals surface area contributed by atoms with Gasteiger partial charge in [-0.25, -0.2) is 14.8 Å². The molecule has 4 rings (SSSR count). The molecular formula is C22H15FN4O. The van der Waals surface area contributed by atoms with E-state index >= 15 is 0 Å². The predicted molar refractivity (Wildman–Crippen MR) is 106 cm³/mol. The first-order chi connectivity index (χ1) is 13.7. The van der Waals surface area contributed by atoms with Crippen molar-refractivity contribution >= 4 is 23.0 Å². The van der Waals surface area contributed by atoms with Crippen LogP contribution >= 0.6 is 0 Å². The minimum absolute atomic E-state index is 0.326. The lowest BCUT2D eigenvalue weighted by Gasteiger charge is -2.09. The summed E-state index contributed by atoms with van der Waals surface area (Å²) in [5, 5.41) is 4.73. The molecule has 28 heavy (non-hydrogen) atoms. The number of pyridine rings is 2. The zero-order valence-corrected chi connectivity index (χ0v) is 14.7. The molecule has 2 aromatic heterocycles. The van der Waals surface area contributed by atoms with Crippen LogP contribution in [0, 0.1) is 5.82 Å². The number of nitrogens with zero attached hydrogens (tertiary/aromatic N) is 3. The van der Waals surface area contributed by atoms with Gasteiger partial charge in [0.1, 0.15) is 5.82 Å². The Morgan fingerprint density at radius 1 is 1.00 bits per heavy atom.